The van der Waals surface area contributed by atoms with Crippen LogP contribution in [0.1, 0.15) is 25.3 Å². The fourth-order valence-corrected chi connectivity index (χ4v) is 3.34. The number of dihydropyridines is 1. The maximum Gasteiger partial charge on any atom is 0.336 e. The van der Waals surface area contributed by atoms with E-state index in [0.29, 0.717) is 11.3 Å². The van der Waals surface area contributed by atoms with Gasteiger partial charge in [-0.15, -0.1) is 0 Å². The van der Waals surface area contributed by atoms with Crippen molar-refractivity contribution >= 4 is 17.6 Å². The van der Waals surface area contributed by atoms with Gasteiger partial charge in [0, 0.05) is 32.0 Å². The van der Waals surface area contributed by atoms with Crippen LogP contribution in [0.5, 0.6) is 0 Å². The van der Waals surface area contributed by atoms with Gasteiger partial charge in [0.2, 0.25) is 0 Å². The van der Waals surface area contributed by atoms with E-state index in [1.54, 1.807) is 19.9 Å². The number of ether oxygens (including phenoxy) is 4. The normalized spacial score (nSPS) is 16.4. The van der Waals surface area contributed by atoms with Crippen molar-refractivity contribution in [2.45, 2.75) is 26.1 Å². The first-order chi connectivity index (χ1) is 14.3. The van der Waals surface area contributed by atoms with Gasteiger partial charge in [0.25, 0.3) is 5.69 Å². The molecule has 1 N–H and O–H groups in total. The van der Waals surface area contributed by atoms with Gasteiger partial charge in [0.15, 0.2) is 6.29 Å². The van der Waals surface area contributed by atoms with Gasteiger partial charge in [-0.05, 0) is 19.4 Å². The summed E-state index contributed by atoms with van der Waals surface area (Å²) in [4.78, 5) is 36.3. The van der Waals surface area contributed by atoms with E-state index in [4.69, 9.17) is 18.9 Å². The van der Waals surface area contributed by atoms with Gasteiger partial charge in [-0.1, -0.05) is 12.1 Å². The summed E-state index contributed by atoms with van der Waals surface area (Å²) in [7, 11) is 3.97. The van der Waals surface area contributed by atoms with Crippen molar-refractivity contribution in [2.75, 3.05) is 27.9 Å². The molecule has 1 heterocycles. The molecule has 1 aliphatic heterocycles. The largest absolute Gasteiger partial charge is 0.466 e. The van der Waals surface area contributed by atoms with E-state index >= 15 is 0 Å². The van der Waals surface area contributed by atoms with Crippen molar-refractivity contribution in [2.24, 2.45) is 0 Å². The molecule has 0 amide bonds. The number of carbonyl (C=O) groups excluding carboxylic acids is 2. The number of allylic oxidation sites excluding steroid dienone is 1. The highest BCUT2D eigenvalue weighted by atomic mass is 16.7. The van der Waals surface area contributed by atoms with E-state index < -0.39 is 29.1 Å². The number of methoxy groups -OCH3 is 3. The standard InChI is InChI=1S/C20H24N2O8/c1-6-30-19(24)14-11(2)21-17(20(28-4)29-5)16(18(23)27-3)15(14)12-8-7-9-13(10-12)22(25)26/h7-10,15,20-21H,6H2,1-5H3. The number of hydrogen-bond acceptors (Lipinski definition) is 9. The van der Waals surface area contributed by atoms with E-state index in [1.807, 2.05) is 0 Å². The van der Waals surface area contributed by atoms with Gasteiger partial charge in [-0.2, -0.15) is 0 Å². The van der Waals surface area contributed by atoms with Crippen molar-refractivity contribution in [1.29, 1.82) is 0 Å². The van der Waals surface area contributed by atoms with Crippen LogP contribution in [0.15, 0.2) is 46.8 Å². The maximum atomic E-state index is 12.8. The second kappa shape index (κ2) is 9.99. The predicted octanol–water partition coefficient (Wildman–Crippen LogP) is 2.16. The molecular weight excluding hydrogens is 396 g/mol. The summed E-state index contributed by atoms with van der Waals surface area (Å²) in [6, 6.07) is 5.69. The zero-order valence-electron chi connectivity index (χ0n) is 17.4. The van der Waals surface area contributed by atoms with Crippen molar-refractivity contribution < 1.29 is 33.5 Å². The Balaban J connectivity index is 2.83. The summed E-state index contributed by atoms with van der Waals surface area (Å²) < 4.78 is 20.7. The number of nitro benzene ring substituents is 1. The lowest BCUT2D eigenvalue weighted by Crippen LogP contribution is -2.38. The number of hydrogen-bond donors (Lipinski definition) is 1. The molecule has 30 heavy (non-hydrogen) atoms. The Bertz CT molecular complexity index is 902. The molecule has 1 aromatic carbocycles. The van der Waals surface area contributed by atoms with Gasteiger partial charge < -0.3 is 24.3 Å². The monoisotopic (exact) mass is 420 g/mol. The maximum absolute atomic E-state index is 12.8. The zero-order valence-corrected chi connectivity index (χ0v) is 17.4. The average Bonchev–Trinajstić information content (AvgIpc) is 2.73. The topological polar surface area (TPSA) is 126 Å². The van der Waals surface area contributed by atoms with Gasteiger partial charge in [0.05, 0.1) is 41.4 Å². The molecule has 0 fully saturated rings. The minimum Gasteiger partial charge on any atom is -0.466 e. The third-order valence-corrected chi connectivity index (χ3v) is 4.57. The second-order valence-electron chi connectivity index (χ2n) is 6.29. The molecule has 0 saturated carbocycles. The number of nitro groups is 1. The van der Waals surface area contributed by atoms with Crippen molar-refractivity contribution in [3.8, 4) is 0 Å². The molecule has 1 unspecified atom stereocenters. The van der Waals surface area contributed by atoms with Crippen molar-refractivity contribution in [3.63, 3.8) is 0 Å². The lowest BCUT2D eigenvalue weighted by molar-refractivity contribution is -0.384. The van der Waals surface area contributed by atoms with Crippen LogP contribution >= 0.6 is 0 Å². The number of nitrogens with zero attached hydrogens (tertiary/aromatic N) is 1. The zero-order chi connectivity index (χ0) is 22.4. The van der Waals surface area contributed by atoms with E-state index in [-0.39, 0.29) is 29.1 Å². The number of non-ortho nitro benzene ring substituents is 1. The van der Waals surface area contributed by atoms with Gasteiger partial charge >= 0.3 is 11.9 Å². The van der Waals surface area contributed by atoms with Crippen LogP contribution in [0, 0.1) is 10.1 Å². The van der Waals surface area contributed by atoms with Crippen LogP contribution in [0.2, 0.25) is 0 Å². The Morgan fingerprint density at radius 3 is 2.37 bits per heavy atom. The third kappa shape index (κ3) is 4.50. The lowest BCUT2D eigenvalue weighted by atomic mass is 9.80. The van der Waals surface area contributed by atoms with Crippen LogP contribution in [-0.4, -0.2) is 51.1 Å². The number of nitrogens with one attached hydrogen (secondary N) is 1. The van der Waals surface area contributed by atoms with Crippen LogP contribution in [-0.2, 0) is 28.5 Å². The van der Waals surface area contributed by atoms with Crippen molar-refractivity contribution in [3.05, 3.63) is 62.5 Å². The van der Waals surface area contributed by atoms with Crippen molar-refractivity contribution in [1.82, 2.24) is 5.32 Å². The minimum absolute atomic E-state index is 0.0281. The quantitative estimate of drug-likeness (QED) is 0.291. The Kier molecular flexibility index (Phi) is 7.67. The summed E-state index contributed by atoms with van der Waals surface area (Å²) in [5, 5.41) is 14.3. The molecule has 0 spiro atoms. The number of benzene rings is 1. The fourth-order valence-electron chi connectivity index (χ4n) is 3.34. The smallest absolute Gasteiger partial charge is 0.336 e. The first kappa shape index (κ1) is 23.0. The number of esters is 2. The van der Waals surface area contributed by atoms with E-state index in [1.165, 1.54) is 39.5 Å². The molecule has 1 aromatic rings. The molecule has 162 valence electrons. The highest BCUT2D eigenvalue weighted by Crippen LogP contribution is 2.41. The molecule has 0 saturated heterocycles. The molecule has 0 aromatic heterocycles. The Morgan fingerprint density at radius 1 is 1.17 bits per heavy atom. The molecule has 1 atom stereocenters. The molecule has 10 heteroatoms. The van der Waals surface area contributed by atoms with Gasteiger partial charge in [-0.25, -0.2) is 9.59 Å². The molecule has 2 rings (SSSR count). The van der Waals surface area contributed by atoms with Crippen LogP contribution in [0.4, 0.5) is 5.69 Å². The highest BCUT2D eigenvalue weighted by molar-refractivity contribution is 6.00. The number of carbonyl (C=O) groups is 2. The Labute approximate surface area is 173 Å². The summed E-state index contributed by atoms with van der Waals surface area (Å²) in [6.45, 7) is 3.40. The van der Waals surface area contributed by atoms with Crippen LogP contribution in [0.25, 0.3) is 0 Å². The molecule has 1 aliphatic rings. The molecule has 10 nitrogen and oxygen atoms in total. The first-order valence-corrected chi connectivity index (χ1v) is 9.07. The average molecular weight is 420 g/mol. The van der Waals surface area contributed by atoms with E-state index in [2.05, 4.69) is 5.32 Å². The first-order valence-electron chi connectivity index (χ1n) is 9.07. The number of rotatable bonds is 8. The summed E-state index contributed by atoms with van der Waals surface area (Å²) in [5.41, 5.74) is 0.943. The van der Waals surface area contributed by atoms with E-state index in [0.717, 1.165) is 0 Å². The Hall–Kier alpha value is -3.24. The van der Waals surface area contributed by atoms with Crippen LogP contribution in [0.3, 0.4) is 0 Å². The summed E-state index contributed by atoms with van der Waals surface area (Å²) >= 11 is 0. The van der Waals surface area contributed by atoms with Crippen LogP contribution < -0.4 is 5.32 Å². The van der Waals surface area contributed by atoms with E-state index in [9.17, 15) is 19.7 Å². The summed E-state index contributed by atoms with van der Waals surface area (Å²) in [6.07, 6.45) is -0.973. The molecular formula is C20H24N2O8. The molecule has 0 bridgehead atoms. The fraction of sp³-hybridized carbons (Fsp3) is 0.400. The second-order valence-corrected chi connectivity index (χ2v) is 6.29. The Morgan fingerprint density at radius 2 is 1.83 bits per heavy atom. The predicted molar refractivity (Wildman–Crippen MR) is 105 cm³/mol. The summed E-state index contributed by atoms with van der Waals surface area (Å²) in [5.74, 6) is -2.41. The molecule has 0 radical (unpaired) electrons. The third-order valence-electron chi connectivity index (χ3n) is 4.57. The minimum atomic E-state index is -1.000. The molecule has 0 aliphatic carbocycles. The van der Waals surface area contributed by atoms with Gasteiger partial charge in [0.1, 0.15) is 0 Å². The van der Waals surface area contributed by atoms with Gasteiger partial charge in [-0.3, -0.25) is 10.1 Å². The highest BCUT2D eigenvalue weighted by Gasteiger charge is 2.41. The lowest BCUT2D eigenvalue weighted by Gasteiger charge is -2.33. The SMILES string of the molecule is CCOC(=O)C1=C(C)NC(C(OC)OC)=C(C(=O)OC)C1c1cccc([N+](=O)[O-])c1.